The number of nitrogens with one attached hydrogen (secondary N) is 2. The minimum Gasteiger partial charge on any atom is -0.343 e. The smallest absolute Gasteiger partial charge is 0.291 e. The maximum atomic E-state index is 12.2. The molecule has 0 aliphatic heterocycles. The van der Waals surface area contributed by atoms with E-state index in [9.17, 15) is 4.79 Å². The molecule has 2 aromatic heterocycles. The number of aryl methyl sites for hydroxylation is 2. The van der Waals surface area contributed by atoms with Crippen molar-refractivity contribution in [2.45, 2.75) is 45.6 Å². The number of rotatable bonds is 4. The standard InChI is InChI=1S/C14H18N4OS/c1-7-6-11(9(3)20-7)8(2)15-14(19)13-16-12(17-18-13)10-4-5-10/h6,8,10H,4-5H2,1-3H3,(H,15,19)(H,16,17,18). The summed E-state index contributed by atoms with van der Waals surface area (Å²) in [6.07, 6.45) is 2.28. The van der Waals surface area contributed by atoms with Gasteiger partial charge in [-0.15, -0.1) is 16.4 Å². The lowest BCUT2D eigenvalue weighted by Gasteiger charge is -2.12. The highest BCUT2D eigenvalue weighted by Gasteiger charge is 2.28. The third-order valence-electron chi connectivity index (χ3n) is 3.56. The van der Waals surface area contributed by atoms with Crippen LogP contribution < -0.4 is 5.32 Å². The van der Waals surface area contributed by atoms with E-state index >= 15 is 0 Å². The summed E-state index contributed by atoms with van der Waals surface area (Å²) in [5.41, 5.74) is 1.17. The van der Waals surface area contributed by atoms with E-state index in [0.717, 1.165) is 18.7 Å². The van der Waals surface area contributed by atoms with Crippen LogP contribution in [0.3, 0.4) is 0 Å². The second-order valence-electron chi connectivity index (χ2n) is 5.38. The summed E-state index contributed by atoms with van der Waals surface area (Å²) in [5, 5.41) is 9.83. The van der Waals surface area contributed by atoms with Gasteiger partial charge in [-0.3, -0.25) is 9.89 Å². The Labute approximate surface area is 121 Å². The molecule has 1 fully saturated rings. The SMILES string of the molecule is Cc1cc(C(C)NC(=O)c2n[nH]c(C3CC3)n2)c(C)s1. The summed E-state index contributed by atoms with van der Waals surface area (Å²) in [4.78, 5) is 18.9. The molecule has 1 saturated carbocycles. The van der Waals surface area contributed by atoms with Crippen molar-refractivity contribution in [2.24, 2.45) is 0 Å². The van der Waals surface area contributed by atoms with E-state index in [1.165, 1.54) is 15.3 Å². The average molecular weight is 290 g/mol. The highest BCUT2D eigenvalue weighted by atomic mass is 32.1. The fourth-order valence-corrected chi connectivity index (χ4v) is 3.36. The first kappa shape index (κ1) is 13.3. The lowest BCUT2D eigenvalue weighted by Crippen LogP contribution is -2.27. The number of nitrogens with zero attached hydrogens (tertiary/aromatic N) is 2. The van der Waals surface area contributed by atoms with Crippen molar-refractivity contribution in [3.63, 3.8) is 0 Å². The molecule has 106 valence electrons. The first-order chi connectivity index (χ1) is 9.54. The fraction of sp³-hybridized carbons (Fsp3) is 0.500. The van der Waals surface area contributed by atoms with Crippen molar-refractivity contribution in [3.05, 3.63) is 33.0 Å². The first-order valence-corrected chi connectivity index (χ1v) is 7.66. The van der Waals surface area contributed by atoms with Gasteiger partial charge in [0, 0.05) is 15.7 Å². The van der Waals surface area contributed by atoms with Crippen molar-refractivity contribution in [3.8, 4) is 0 Å². The van der Waals surface area contributed by atoms with Crippen LogP contribution in [0.15, 0.2) is 6.07 Å². The van der Waals surface area contributed by atoms with Crippen LogP contribution in [-0.2, 0) is 0 Å². The van der Waals surface area contributed by atoms with Crippen molar-refractivity contribution in [1.29, 1.82) is 0 Å². The summed E-state index contributed by atoms with van der Waals surface area (Å²) < 4.78 is 0. The molecule has 2 aromatic rings. The maximum Gasteiger partial charge on any atom is 0.291 e. The van der Waals surface area contributed by atoms with Gasteiger partial charge in [0.1, 0.15) is 5.82 Å². The number of hydrogen-bond acceptors (Lipinski definition) is 4. The molecular weight excluding hydrogens is 272 g/mol. The van der Waals surface area contributed by atoms with Crippen LogP contribution in [0.1, 0.15) is 63.5 Å². The Kier molecular flexibility index (Phi) is 3.33. The van der Waals surface area contributed by atoms with Gasteiger partial charge in [0.05, 0.1) is 6.04 Å². The van der Waals surface area contributed by atoms with Gasteiger partial charge < -0.3 is 5.32 Å². The molecule has 0 spiro atoms. The number of aromatic amines is 1. The molecule has 0 saturated heterocycles. The number of hydrogen-bond donors (Lipinski definition) is 2. The zero-order valence-electron chi connectivity index (χ0n) is 11.9. The van der Waals surface area contributed by atoms with E-state index in [1.54, 1.807) is 11.3 Å². The van der Waals surface area contributed by atoms with Crippen molar-refractivity contribution in [2.75, 3.05) is 0 Å². The van der Waals surface area contributed by atoms with Gasteiger partial charge >= 0.3 is 0 Å². The van der Waals surface area contributed by atoms with E-state index in [2.05, 4.69) is 40.4 Å². The Morgan fingerprint density at radius 2 is 2.25 bits per heavy atom. The Bertz CT molecular complexity index is 641. The Hall–Kier alpha value is -1.69. The van der Waals surface area contributed by atoms with Crippen LogP contribution >= 0.6 is 11.3 Å². The molecule has 3 rings (SSSR count). The Morgan fingerprint density at radius 1 is 1.50 bits per heavy atom. The zero-order valence-corrected chi connectivity index (χ0v) is 12.7. The fourth-order valence-electron chi connectivity index (χ4n) is 2.33. The van der Waals surface area contributed by atoms with Gasteiger partial charge in [-0.25, -0.2) is 4.98 Å². The summed E-state index contributed by atoms with van der Waals surface area (Å²) >= 11 is 1.75. The molecule has 0 radical (unpaired) electrons. The number of carbonyl (C=O) groups is 1. The van der Waals surface area contributed by atoms with E-state index in [-0.39, 0.29) is 17.8 Å². The van der Waals surface area contributed by atoms with Crippen LogP contribution in [0.2, 0.25) is 0 Å². The van der Waals surface area contributed by atoms with Gasteiger partial charge in [-0.05, 0) is 45.2 Å². The van der Waals surface area contributed by atoms with Crippen LogP contribution in [-0.4, -0.2) is 21.1 Å². The van der Waals surface area contributed by atoms with Crippen LogP contribution in [0.4, 0.5) is 0 Å². The third kappa shape index (κ3) is 2.60. The molecule has 6 heteroatoms. The minimum atomic E-state index is -0.219. The predicted molar refractivity (Wildman–Crippen MR) is 78.0 cm³/mol. The molecule has 2 heterocycles. The molecule has 1 atom stereocenters. The summed E-state index contributed by atoms with van der Waals surface area (Å²) in [5.74, 6) is 1.33. The van der Waals surface area contributed by atoms with Gasteiger partial charge in [0.25, 0.3) is 5.91 Å². The quantitative estimate of drug-likeness (QED) is 0.909. The third-order valence-corrected chi connectivity index (χ3v) is 4.55. The van der Waals surface area contributed by atoms with E-state index in [4.69, 9.17) is 0 Å². The highest BCUT2D eigenvalue weighted by Crippen LogP contribution is 2.37. The molecule has 1 unspecified atom stereocenters. The minimum absolute atomic E-state index is 0.0321. The molecule has 0 bridgehead atoms. The van der Waals surface area contributed by atoms with Crippen molar-refractivity contribution < 1.29 is 4.79 Å². The first-order valence-electron chi connectivity index (χ1n) is 6.84. The van der Waals surface area contributed by atoms with Crippen LogP contribution in [0.5, 0.6) is 0 Å². The van der Waals surface area contributed by atoms with E-state index in [0.29, 0.717) is 5.92 Å². The molecule has 5 nitrogen and oxygen atoms in total. The van der Waals surface area contributed by atoms with Crippen molar-refractivity contribution >= 4 is 17.2 Å². The largest absolute Gasteiger partial charge is 0.343 e. The second-order valence-corrected chi connectivity index (χ2v) is 6.84. The number of H-pyrrole nitrogens is 1. The number of amides is 1. The molecule has 2 N–H and O–H groups in total. The molecule has 0 aromatic carbocycles. The monoisotopic (exact) mass is 290 g/mol. The van der Waals surface area contributed by atoms with Gasteiger partial charge in [0.2, 0.25) is 5.82 Å². The van der Waals surface area contributed by atoms with Crippen molar-refractivity contribution in [1.82, 2.24) is 20.5 Å². The predicted octanol–water partition coefficient (Wildman–Crippen LogP) is 2.85. The molecule has 1 aliphatic carbocycles. The normalized spacial score (nSPS) is 16.1. The summed E-state index contributed by atoms with van der Waals surface area (Å²) in [6, 6.07) is 2.09. The second kappa shape index (κ2) is 5.01. The zero-order chi connectivity index (χ0) is 14.3. The molecule has 1 amide bonds. The van der Waals surface area contributed by atoms with E-state index < -0.39 is 0 Å². The van der Waals surface area contributed by atoms with Crippen LogP contribution in [0, 0.1) is 13.8 Å². The highest BCUT2D eigenvalue weighted by molar-refractivity contribution is 7.12. The van der Waals surface area contributed by atoms with Gasteiger partial charge in [-0.1, -0.05) is 0 Å². The number of aromatic nitrogens is 3. The molecule has 1 aliphatic rings. The van der Waals surface area contributed by atoms with Gasteiger partial charge in [-0.2, -0.15) is 0 Å². The summed E-state index contributed by atoms with van der Waals surface area (Å²) in [7, 11) is 0. The maximum absolute atomic E-state index is 12.2. The Balaban J connectivity index is 1.69. The Morgan fingerprint density at radius 3 is 2.85 bits per heavy atom. The lowest BCUT2D eigenvalue weighted by molar-refractivity contribution is 0.0929. The lowest BCUT2D eigenvalue weighted by atomic mass is 10.1. The molecule has 20 heavy (non-hydrogen) atoms. The van der Waals surface area contributed by atoms with E-state index in [1.807, 2.05) is 6.92 Å². The molecular formula is C14H18N4OS. The van der Waals surface area contributed by atoms with Gasteiger partial charge in [0.15, 0.2) is 0 Å². The average Bonchev–Trinajstić information content (AvgIpc) is 3.02. The van der Waals surface area contributed by atoms with Crippen LogP contribution in [0.25, 0.3) is 0 Å². The topological polar surface area (TPSA) is 70.7 Å². The number of carbonyl (C=O) groups excluding carboxylic acids is 1. The number of thiophene rings is 1. The summed E-state index contributed by atoms with van der Waals surface area (Å²) in [6.45, 7) is 6.14.